The average Bonchev–Trinajstić information content (AvgIpc) is 2.22. The van der Waals surface area contributed by atoms with Crippen LogP contribution in [0.15, 0.2) is 0 Å². The fourth-order valence-corrected chi connectivity index (χ4v) is 2.72. The predicted octanol–water partition coefficient (Wildman–Crippen LogP) is 2.08. The summed E-state index contributed by atoms with van der Waals surface area (Å²) < 4.78 is 11.9. The molecule has 2 heterocycles. The van der Waals surface area contributed by atoms with Crippen LogP contribution in [0.4, 0.5) is 0 Å². The zero-order valence-electron chi connectivity index (χ0n) is 9.74. The highest BCUT2D eigenvalue weighted by molar-refractivity contribution is 4.85. The van der Waals surface area contributed by atoms with Crippen molar-refractivity contribution in [2.45, 2.75) is 63.9 Å². The van der Waals surface area contributed by atoms with Crippen LogP contribution in [0.2, 0.25) is 0 Å². The zero-order valence-corrected chi connectivity index (χ0v) is 9.74. The van der Waals surface area contributed by atoms with Gasteiger partial charge in [-0.1, -0.05) is 6.92 Å². The molecular weight excluding hydrogens is 192 g/mol. The molecule has 1 spiro atoms. The van der Waals surface area contributed by atoms with Crippen LogP contribution >= 0.6 is 0 Å². The number of hydrogen-bond acceptors (Lipinski definition) is 3. The van der Waals surface area contributed by atoms with Gasteiger partial charge in [0.25, 0.3) is 0 Å². The van der Waals surface area contributed by atoms with Gasteiger partial charge in [0.2, 0.25) is 0 Å². The van der Waals surface area contributed by atoms with Gasteiger partial charge < -0.3 is 14.6 Å². The molecule has 2 fully saturated rings. The summed E-state index contributed by atoms with van der Waals surface area (Å²) in [6, 6.07) is 0. The summed E-state index contributed by atoms with van der Waals surface area (Å²) in [7, 11) is 0. The van der Waals surface area contributed by atoms with Crippen LogP contribution in [0.5, 0.6) is 0 Å². The van der Waals surface area contributed by atoms with Crippen molar-refractivity contribution >= 4 is 0 Å². The summed E-state index contributed by atoms with van der Waals surface area (Å²) in [6.45, 7) is 4.36. The van der Waals surface area contributed by atoms with Crippen molar-refractivity contribution in [1.82, 2.24) is 0 Å². The number of aliphatic hydroxyl groups is 1. The van der Waals surface area contributed by atoms with E-state index in [-0.39, 0.29) is 18.5 Å². The van der Waals surface area contributed by atoms with E-state index in [0.717, 1.165) is 25.7 Å². The molecule has 0 aliphatic carbocycles. The van der Waals surface area contributed by atoms with Crippen LogP contribution < -0.4 is 0 Å². The van der Waals surface area contributed by atoms with Crippen LogP contribution in [0.3, 0.4) is 0 Å². The smallest absolute Gasteiger partial charge is 0.169 e. The van der Waals surface area contributed by atoms with Crippen LogP contribution in [0, 0.1) is 5.92 Å². The molecule has 0 saturated carbocycles. The lowest BCUT2D eigenvalue weighted by Crippen LogP contribution is -2.50. The van der Waals surface area contributed by atoms with Gasteiger partial charge in [-0.05, 0) is 32.1 Å². The third kappa shape index (κ3) is 2.35. The van der Waals surface area contributed by atoms with Crippen molar-refractivity contribution < 1.29 is 14.6 Å². The Morgan fingerprint density at radius 1 is 1.20 bits per heavy atom. The van der Waals surface area contributed by atoms with Gasteiger partial charge in [0.15, 0.2) is 5.79 Å². The first-order valence-electron chi connectivity index (χ1n) is 6.12. The molecule has 0 aromatic heterocycles. The Balaban J connectivity index is 2.02. The highest BCUT2D eigenvalue weighted by Crippen LogP contribution is 2.40. The minimum absolute atomic E-state index is 0.0379. The van der Waals surface area contributed by atoms with Gasteiger partial charge in [0, 0.05) is 12.8 Å². The highest BCUT2D eigenvalue weighted by atomic mass is 16.7. The molecule has 2 saturated heterocycles. The van der Waals surface area contributed by atoms with E-state index in [0.29, 0.717) is 12.0 Å². The lowest BCUT2D eigenvalue weighted by atomic mass is 9.88. The maximum Gasteiger partial charge on any atom is 0.169 e. The standard InChI is InChI=1S/C12H22O3/c1-9-5-7-12(15-11(9)8-13)6-3-4-10(2)14-12/h9-11,13H,3-8H2,1-2H3. The Morgan fingerprint density at radius 2 is 2.00 bits per heavy atom. The van der Waals surface area contributed by atoms with Crippen molar-refractivity contribution in [2.75, 3.05) is 6.61 Å². The number of aliphatic hydroxyl groups excluding tert-OH is 1. The summed E-state index contributed by atoms with van der Waals surface area (Å²) in [5, 5.41) is 9.26. The zero-order chi connectivity index (χ0) is 10.9. The molecule has 2 rings (SSSR count). The summed E-state index contributed by atoms with van der Waals surface area (Å²) in [5.74, 6) is 0.0684. The summed E-state index contributed by atoms with van der Waals surface area (Å²) in [5.41, 5.74) is 0. The van der Waals surface area contributed by atoms with Crippen molar-refractivity contribution in [3.8, 4) is 0 Å². The summed E-state index contributed by atoms with van der Waals surface area (Å²) in [6.07, 6.45) is 5.63. The highest BCUT2D eigenvalue weighted by Gasteiger charge is 2.43. The third-order valence-electron chi connectivity index (χ3n) is 3.75. The molecular formula is C12H22O3. The van der Waals surface area contributed by atoms with Gasteiger partial charge >= 0.3 is 0 Å². The topological polar surface area (TPSA) is 38.7 Å². The summed E-state index contributed by atoms with van der Waals surface area (Å²) >= 11 is 0. The Hall–Kier alpha value is -0.120. The molecule has 1 N–H and O–H groups in total. The number of ether oxygens (including phenoxy) is 2. The van der Waals surface area contributed by atoms with E-state index in [2.05, 4.69) is 13.8 Å². The third-order valence-corrected chi connectivity index (χ3v) is 3.75. The van der Waals surface area contributed by atoms with Gasteiger partial charge in [0.1, 0.15) is 0 Å². The van der Waals surface area contributed by atoms with Crippen molar-refractivity contribution in [3.05, 3.63) is 0 Å². The molecule has 3 heteroatoms. The lowest BCUT2D eigenvalue weighted by Gasteiger charge is -2.47. The van der Waals surface area contributed by atoms with E-state index in [1.54, 1.807) is 0 Å². The van der Waals surface area contributed by atoms with Crippen molar-refractivity contribution in [3.63, 3.8) is 0 Å². The van der Waals surface area contributed by atoms with Gasteiger partial charge in [-0.2, -0.15) is 0 Å². The minimum Gasteiger partial charge on any atom is -0.394 e. The second-order valence-electron chi connectivity index (χ2n) is 5.09. The van der Waals surface area contributed by atoms with E-state index < -0.39 is 0 Å². The van der Waals surface area contributed by atoms with Gasteiger partial charge in [-0.3, -0.25) is 0 Å². The molecule has 2 aliphatic rings. The monoisotopic (exact) mass is 214 g/mol. The Labute approximate surface area is 91.8 Å². The van der Waals surface area contributed by atoms with Gasteiger partial charge in [0.05, 0.1) is 18.8 Å². The first kappa shape index (κ1) is 11.4. The first-order valence-corrected chi connectivity index (χ1v) is 6.12. The van der Waals surface area contributed by atoms with E-state index in [9.17, 15) is 5.11 Å². The van der Waals surface area contributed by atoms with Gasteiger partial charge in [-0.25, -0.2) is 0 Å². The number of hydrogen-bond donors (Lipinski definition) is 1. The maximum absolute atomic E-state index is 9.26. The molecule has 0 radical (unpaired) electrons. The molecule has 4 atom stereocenters. The van der Waals surface area contributed by atoms with Crippen LogP contribution in [-0.2, 0) is 9.47 Å². The molecule has 0 bridgehead atoms. The SMILES string of the molecule is CC1CCCC2(CCC(C)C(CO)O2)O1. The number of rotatable bonds is 1. The fraction of sp³-hybridized carbons (Fsp3) is 1.00. The van der Waals surface area contributed by atoms with Crippen molar-refractivity contribution in [2.24, 2.45) is 5.92 Å². The largest absolute Gasteiger partial charge is 0.394 e. The second kappa shape index (κ2) is 4.40. The fourth-order valence-electron chi connectivity index (χ4n) is 2.72. The van der Waals surface area contributed by atoms with Crippen LogP contribution in [-0.4, -0.2) is 29.7 Å². The maximum atomic E-state index is 9.26. The lowest BCUT2D eigenvalue weighted by molar-refractivity contribution is -0.324. The van der Waals surface area contributed by atoms with E-state index >= 15 is 0 Å². The molecule has 88 valence electrons. The van der Waals surface area contributed by atoms with E-state index in [1.165, 1.54) is 6.42 Å². The Morgan fingerprint density at radius 3 is 2.67 bits per heavy atom. The first-order chi connectivity index (χ1) is 7.15. The van der Waals surface area contributed by atoms with E-state index in [1.807, 2.05) is 0 Å². The summed E-state index contributed by atoms with van der Waals surface area (Å²) in [4.78, 5) is 0. The van der Waals surface area contributed by atoms with Gasteiger partial charge in [-0.15, -0.1) is 0 Å². The van der Waals surface area contributed by atoms with Crippen LogP contribution in [0.1, 0.15) is 46.0 Å². The van der Waals surface area contributed by atoms with Crippen molar-refractivity contribution in [1.29, 1.82) is 0 Å². The molecule has 0 aromatic carbocycles. The minimum atomic E-state index is -0.377. The Bertz CT molecular complexity index is 219. The molecule has 3 nitrogen and oxygen atoms in total. The Kier molecular flexibility index (Phi) is 3.33. The predicted molar refractivity (Wildman–Crippen MR) is 57.5 cm³/mol. The van der Waals surface area contributed by atoms with E-state index in [4.69, 9.17) is 9.47 Å². The molecule has 0 aromatic rings. The molecule has 2 aliphatic heterocycles. The average molecular weight is 214 g/mol. The molecule has 15 heavy (non-hydrogen) atoms. The quantitative estimate of drug-likeness (QED) is 0.726. The van der Waals surface area contributed by atoms with Crippen LogP contribution in [0.25, 0.3) is 0 Å². The normalized spacial score (nSPS) is 47.0. The second-order valence-corrected chi connectivity index (χ2v) is 5.09. The molecule has 0 amide bonds. The molecule has 4 unspecified atom stereocenters.